The number of fused-ring (bicyclic) bond motifs is 1. The summed E-state index contributed by atoms with van der Waals surface area (Å²) in [6.45, 7) is 0.337. The molecule has 3 rings (SSSR count). The lowest BCUT2D eigenvalue weighted by Gasteiger charge is -2.20. The molecule has 2 aromatic carbocycles. The van der Waals surface area contributed by atoms with Crippen molar-refractivity contribution >= 4 is 15.7 Å². The van der Waals surface area contributed by atoms with E-state index in [0.29, 0.717) is 25.8 Å². The summed E-state index contributed by atoms with van der Waals surface area (Å²) >= 11 is 0. The highest BCUT2D eigenvalue weighted by Crippen LogP contribution is 2.33. The maximum Gasteiger partial charge on any atom is 0.235 e. The maximum atomic E-state index is 14.0. The van der Waals surface area contributed by atoms with Crippen molar-refractivity contribution in [2.45, 2.75) is 19.3 Å². The Morgan fingerprint density at radius 2 is 1.82 bits per heavy atom. The second kappa shape index (κ2) is 6.08. The lowest BCUT2D eigenvalue weighted by atomic mass is 10.1. The molecule has 3 nitrogen and oxygen atoms in total. The van der Waals surface area contributed by atoms with Crippen molar-refractivity contribution in [2.75, 3.05) is 16.6 Å². The van der Waals surface area contributed by atoms with Crippen LogP contribution in [0.2, 0.25) is 0 Å². The third-order valence-corrected chi connectivity index (χ3v) is 5.79. The highest BCUT2D eigenvalue weighted by Gasteiger charge is 2.31. The molecule has 1 aliphatic rings. The lowest BCUT2D eigenvalue weighted by molar-refractivity contribution is 0.585. The Kier molecular flexibility index (Phi) is 4.16. The molecule has 0 aliphatic carbocycles. The van der Waals surface area contributed by atoms with Crippen molar-refractivity contribution in [1.29, 1.82) is 0 Å². The second-order valence-corrected chi connectivity index (χ2v) is 7.49. The molecule has 22 heavy (non-hydrogen) atoms. The van der Waals surface area contributed by atoms with Gasteiger partial charge in [0.25, 0.3) is 0 Å². The van der Waals surface area contributed by atoms with Gasteiger partial charge in [0.2, 0.25) is 10.0 Å². The lowest BCUT2D eigenvalue weighted by Crippen LogP contribution is -2.32. The summed E-state index contributed by atoms with van der Waals surface area (Å²) in [4.78, 5) is 0. The first-order valence-corrected chi connectivity index (χ1v) is 9.00. The first kappa shape index (κ1) is 15.0. The van der Waals surface area contributed by atoms with Gasteiger partial charge in [-0.25, -0.2) is 12.8 Å². The van der Waals surface area contributed by atoms with Gasteiger partial charge in [0, 0.05) is 6.54 Å². The van der Waals surface area contributed by atoms with Gasteiger partial charge in [0.05, 0.1) is 11.4 Å². The van der Waals surface area contributed by atoms with Crippen LogP contribution in [0.3, 0.4) is 0 Å². The average molecular weight is 319 g/mol. The Balaban J connectivity index is 1.70. The standard InChI is InChI=1S/C17H18FNO2S/c18-16-10-4-9-15-11-12-19(17(15)16)22(20,21)13-5-8-14-6-2-1-3-7-14/h1-4,6-7,9-10H,5,8,11-13H2. The third-order valence-electron chi connectivity index (χ3n) is 3.95. The summed E-state index contributed by atoms with van der Waals surface area (Å²) in [5, 5.41) is 0. The van der Waals surface area contributed by atoms with Gasteiger partial charge < -0.3 is 0 Å². The first-order valence-electron chi connectivity index (χ1n) is 7.40. The molecular weight excluding hydrogens is 301 g/mol. The van der Waals surface area contributed by atoms with Crippen LogP contribution in [-0.4, -0.2) is 20.7 Å². The monoisotopic (exact) mass is 319 g/mol. The van der Waals surface area contributed by atoms with Crippen molar-refractivity contribution < 1.29 is 12.8 Å². The Morgan fingerprint density at radius 1 is 1.05 bits per heavy atom. The fourth-order valence-electron chi connectivity index (χ4n) is 2.87. The third kappa shape index (κ3) is 2.99. The van der Waals surface area contributed by atoms with Gasteiger partial charge in [-0.1, -0.05) is 42.5 Å². The minimum atomic E-state index is -3.47. The molecule has 0 saturated heterocycles. The largest absolute Gasteiger partial charge is 0.267 e. The molecule has 0 N–H and O–H groups in total. The van der Waals surface area contributed by atoms with E-state index in [0.717, 1.165) is 11.1 Å². The number of nitrogens with zero attached hydrogens (tertiary/aromatic N) is 1. The minimum absolute atomic E-state index is 0.0374. The molecule has 116 valence electrons. The summed E-state index contributed by atoms with van der Waals surface area (Å²) in [6, 6.07) is 14.5. The normalized spacial score (nSPS) is 14.1. The van der Waals surface area contributed by atoms with E-state index in [9.17, 15) is 12.8 Å². The van der Waals surface area contributed by atoms with Crippen LogP contribution in [-0.2, 0) is 22.9 Å². The molecular formula is C17H18FNO2S. The summed E-state index contributed by atoms with van der Waals surface area (Å²) in [5.74, 6) is -0.419. The molecule has 0 amide bonds. The Labute approximate surface area is 130 Å². The van der Waals surface area contributed by atoms with E-state index in [1.54, 1.807) is 12.1 Å². The summed E-state index contributed by atoms with van der Waals surface area (Å²) < 4.78 is 40.2. The van der Waals surface area contributed by atoms with Crippen molar-refractivity contribution in [2.24, 2.45) is 0 Å². The summed E-state index contributed by atoms with van der Waals surface area (Å²) in [7, 11) is -3.47. The van der Waals surface area contributed by atoms with Crippen molar-refractivity contribution in [3.63, 3.8) is 0 Å². The average Bonchev–Trinajstić information content (AvgIpc) is 2.94. The van der Waals surface area contributed by atoms with Crippen LogP contribution in [0.15, 0.2) is 48.5 Å². The highest BCUT2D eigenvalue weighted by molar-refractivity contribution is 7.92. The molecule has 1 aliphatic heterocycles. The number of hydrogen-bond donors (Lipinski definition) is 0. The van der Waals surface area contributed by atoms with Gasteiger partial charge in [-0.3, -0.25) is 4.31 Å². The van der Waals surface area contributed by atoms with Crippen LogP contribution < -0.4 is 4.31 Å². The Hall–Kier alpha value is -1.88. The van der Waals surface area contributed by atoms with Gasteiger partial charge in [-0.15, -0.1) is 0 Å². The number of benzene rings is 2. The minimum Gasteiger partial charge on any atom is -0.267 e. The molecule has 0 atom stereocenters. The number of anilines is 1. The SMILES string of the molecule is O=S(=O)(CCCc1ccccc1)N1CCc2cccc(F)c21. The number of para-hydroxylation sites is 1. The van der Waals surface area contributed by atoms with E-state index in [4.69, 9.17) is 0 Å². The van der Waals surface area contributed by atoms with E-state index in [-0.39, 0.29) is 11.4 Å². The van der Waals surface area contributed by atoms with Gasteiger partial charge in [-0.2, -0.15) is 0 Å². The zero-order valence-electron chi connectivity index (χ0n) is 12.2. The van der Waals surface area contributed by atoms with Crippen LogP contribution in [0.5, 0.6) is 0 Å². The maximum absolute atomic E-state index is 14.0. The zero-order chi connectivity index (χ0) is 15.6. The van der Waals surface area contributed by atoms with Gasteiger partial charge in [-0.05, 0) is 36.5 Å². The predicted octanol–water partition coefficient (Wildman–Crippen LogP) is 3.15. The molecule has 0 aromatic heterocycles. The Morgan fingerprint density at radius 3 is 2.59 bits per heavy atom. The van der Waals surface area contributed by atoms with Crippen molar-refractivity contribution in [3.8, 4) is 0 Å². The van der Waals surface area contributed by atoms with E-state index in [2.05, 4.69) is 0 Å². The molecule has 5 heteroatoms. The molecule has 0 unspecified atom stereocenters. The number of aryl methyl sites for hydroxylation is 1. The molecule has 2 aromatic rings. The molecule has 1 heterocycles. The summed E-state index contributed by atoms with van der Waals surface area (Å²) in [6.07, 6.45) is 1.82. The smallest absolute Gasteiger partial charge is 0.235 e. The van der Waals surface area contributed by atoms with Crippen LogP contribution in [0.1, 0.15) is 17.5 Å². The van der Waals surface area contributed by atoms with E-state index < -0.39 is 15.8 Å². The van der Waals surface area contributed by atoms with Crippen LogP contribution in [0.4, 0.5) is 10.1 Å². The molecule has 0 radical (unpaired) electrons. The molecule has 0 bridgehead atoms. The molecule has 0 fully saturated rings. The van der Waals surface area contributed by atoms with Gasteiger partial charge >= 0.3 is 0 Å². The number of halogens is 1. The topological polar surface area (TPSA) is 37.4 Å². The van der Waals surface area contributed by atoms with E-state index >= 15 is 0 Å². The van der Waals surface area contributed by atoms with Crippen molar-refractivity contribution in [3.05, 3.63) is 65.5 Å². The Bertz CT molecular complexity index is 759. The number of hydrogen-bond acceptors (Lipinski definition) is 2. The van der Waals surface area contributed by atoms with E-state index in [1.165, 1.54) is 10.4 Å². The van der Waals surface area contributed by atoms with Gasteiger partial charge in [0.1, 0.15) is 5.82 Å². The fourth-order valence-corrected chi connectivity index (χ4v) is 4.45. The second-order valence-electron chi connectivity index (χ2n) is 5.47. The van der Waals surface area contributed by atoms with Crippen LogP contribution >= 0.6 is 0 Å². The van der Waals surface area contributed by atoms with Crippen LogP contribution in [0.25, 0.3) is 0 Å². The zero-order valence-corrected chi connectivity index (χ0v) is 13.0. The number of sulfonamides is 1. The number of rotatable bonds is 5. The first-order chi connectivity index (χ1) is 10.6. The fraction of sp³-hybridized carbons (Fsp3) is 0.294. The van der Waals surface area contributed by atoms with Gasteiger partial charge in [0.15, 0.2) is 0 Å². The highest BCUT2D eigenvalue weighted by atomic mass is 32.2. The van der Waals surface area contributed by atoms with Crippen LogP contribution in [0, 0.1) is 5.82 Å². The quantitative estimate of drug-likeness (QED) is 0.849. The summed E-state index contributed by atoms with van der Waals surface area (Å²) in [5.41, 5.74) is 2.12. The van der Waals surface area contributed by atoms with Crippen molar-refractivity contribution in [1.82, 2.24) is 0 Å². The molecule has 0 spiro atoms. The molecule has 0 saturated carbocycles. The predicted molar refractivity (Wildman–Crippen MR) is 86.0 cm³/mol. The van der Waals surface area contributed by atoms with E-state index in [1.807, 2.05) is 30.3 Å².